The van der Waals surface area contributed by atoms with Crippen molar-refractivity contribution in [3.63, 3.8) is 0 Å². The van der Waals surface area contributed by atoms with Crippen molar-refractivity contribution >= 4 is 5.57 Å². The molecule has 0 amide bonds. The predicted molar refractivity (Wildman–Crippen MR) is 143 cm³/mol. The molecule has 0 fully saturated rings. The van der Waals surface area contributed by atoms with Crippen molar-refractivity contribution in [1.82, 2.24) is 9.97 Å². The fourth-order valence-electron chi connectivity index (χ4n) is 4.83. The van der Waals surface area contributed by atoms with Crippen LogP contribution in [0.3, 0.4) is 0 Å². The van der Waals surface area contributed by atoms with Gasteiger partial charge in [0, 0.05) is 12.4 Å². The average Bonchev–Trinajstić information content (AvgIpc) is 2.80. The molecular formula is C32H34N2-2. The highest BCUT2D eigenvalue weighted by Crippen LogP contribution is 2.51. The van der Waals surface area contributed by atoms with E-state index in [4.69, 9.17) is 9.97 Å². The molecule has 2 aromatic carbocycles. The van der Waals surface area contributed by atoms with E-state index < -0.39 is 0 Å². The Labute approximate surface area is 205 Å². The fraction of sp³-hybridized carbons (Fsp3) is 0.250. The van der Waals surface area contributed by atoms with E-state index in [1.54, 1.807) is 0 Å². The van der Waals surface area contributed by atoms with Gasteiger partial charge < -0.3 is 0 Å². The van der Waals surface area contributed by atoms with Gasteiger partial charge in [-0.1, -0.05) is 101 Å². The maximum Gasteiger partial charge on any atom is 0.0940 e. The standard InChI is InChI=1S/C32H34N2/c1-31(2,3)28(23-15-9-7-10-16-23)25-19-13-20-26(27(25)30-33-21-14-22-34-30)29(32(4,5)6)24-17-11-8-12-18-24/h7-22H,1-6H3/q-2/b28-25-. The van der Waals surface area contributed by atoms with Gasteiger partial charge in [0.25, 0.3) is 0 Å². The molecule has 4 rings (SSSR count). The number of nitrogens with zero attached hydrogens (tertiary/aromatic N) is 2. The summed E-state index contributed by atoms with van der Waals surface area (Å²) in [4.78, 5) is 9.50. The van der Waals surface area contributed by atoms with Gasteiger partial charge in [0.05, 0.1) is 5.82 Å². The number of hydrogen-bond acceptors (Lipinski definition) is 2. The van der Waals surface area contributed by atoms with Crippen molar-refractivity contribution < 1.29 is 0 Å². The second-order valence-electron chi connectivity index (χ2n) is 10.8. The summed E-state index contributed by atoms with van der Waals surface area (Å²) in [5, 5.41) is 0. The van der Waals surface area contributed by atoms with Crippen LogP contribution >= 0.6 is 0 Å². The lowest BCUT2D eigenvalue weighted by Gasteiger charge is -2.50. The minimum atomic E-state index is -0.0852. The van der Waals surface area contributed by atoms with Gasteiger partial charge in [-0.05, 0) is 22.6 Å². The van der Waals surface area contributed by atoms with E-state index >= 15 is 0 Å². The van der Waals surface area contributed by atoms with Crippen LogP contribution in [0.2, 0.25) is 0 Å². The Morgan fingerprint density at radius 3 is 1.91 bits per heavy atom. The molecule has 34 heavy (non-hydrogen) atoms. The third kappa shape index (κ3) is 4.87. The van der Waals surface area contributed by atoms with Crippen LogP contribution in [-0.2, 0) is 0 Å². The first-order chi connectivity index (χ1) is 16.2. The Bertz CT molecular complexity index is 1190. The van der Waals surface area contributed by atoms with Crippen LogP contribution in [0.15, 0.2) is 108 Å². The lowest BCUT2D eigenvalue weighted by atomic mass is 9.64. The molecule has 0 atom stereocenters. The molecular weight excluding hydrogens is 412 g/mol. The first kappa shape index (κ1) is 23.6. The van der Waals surface area contributed by atoms with Crippen molar-refractivity contribution in [3.8, 4) is 0 Å². The fourth-order valence-corrected chi connectivity index (χ4v) is 4.83. The zero-order chi connectivity index (χ0) is 24.3. The van der Waals surface area contributed by atoms with Gasteiger partial charge in [0.15, 0.2) is 0 Å². The average molecular weight is 447 g/mol. The van der Waals surface area contributed by atoms with E-state index in [9.17, 15) is 0 Å². The largest absolute Gasteiger partial charge is 0.252 e. The molecule has 2 nitrogen and oxygen atoms in total. The summed E-state index contributed by atoms with van der Waals surface area (Å²) in [5.74, 6) is 3.13. The monoisotopic (exact) mass is 446 g/mol. The number of benzene rings is 2. The van der Waals surface area contributed by atoms with Gasteiger partial charge in [-0.25, -0.2) is 11.1 Å². The third-order valence-corrected chi connectivity index (χ3v) is 6.02. The second-order valence-corrected chi connectivity index (χ2v) is 10.8. The molecule has 0 unspecified atom stereocenters. The Morgan fingerprint density at radius 1 is 0.765 bits per heavy atom. The lowest BCUT2D eigenvalue weighted by Crippen LogP contribution is -2.28. The quantitative estimate of drug-likeness (QED) is 0.379. The van der Waals surface area contributed by atoms with Crippen LogP contribution in [0.5, 0.6) is 0 Å². The molecule has 3 aromatic rings. The molecule has 0 radical (unpaired) electrons. The summed E-state index contributed by atoms with van der Waals surface area (Å²) >= 11 is 0. The molecule has 0 aliphatic heterocycles. The normalized spacial score (nSPS) is 15.7. The minimum Gasteiger partial charge on any atom is -0.252 e. The van der Waals surface area contributed by atoms with E-state index in [1.165, 1.54) is 33.8 Å². The molecule has 1 aromatic heterocycles. The van der Waals surface area contributed by atoms with E-state index in [1.807, 2.05) is 18.5 Å². The van der Waals surface area contributed by atoms with E-state index in [-0.39, 0.29) is 10.8 Å². The zero-order valence-corrected chi connectivity index (χ0v) is 21.1. The Hall–Kier alpha value is -3.52. The molecule has 1 heterocycles. The van der Waals surface area contributed by atoms with Crippen LogP contribution in [-0.4, -0.2) is 9.97 Å². The first-order valence-electron chi connectivity index (χ1n) is 11.9. The number of allylic oxidation sites excluding steroid dienone is 6. The lowest BCUT2D eigenvalue weighted by molar-refractivity contribution is 0.459. The van der Waals surface area contributed by atoms with Crippen molar-refractivity contribution in [2.24, 2.45) is 10.8 Å². The number of aromatic nitrogens is 2. The van der Waals surface area contributed by atoms with Crippen LogP contribution in [0.25, 0.3) is 5.57 Å². The summed E-state index contributed by atoms with van der Waals surface area (Å²) in [6.07, 6.45) is 10.3. The molecule has 0 bridgehead atoms. The highest BCUT2D eigenvalue weighted by Gasteiger charge is 2.30. The molecule has 0 saturated carbocycles. The summed E-state index contributed by atoms with van der Waals surface area (Å²) in [6.45, 7) is 13.7. The maximum atomic E-state index is 4.75. The highest BCUT2D eigenvalue weighted by atomic mass is 14.9. The predicted octanol–water partition coefficient (Wildman–Crippen LogP) is 8.06. The SMILES string of the molecule is CC(C)(C)/C(=C1/C=CC=C([C-](c2ccccc2)C(C)(C)C)[C-]1c1ncccn1)c1ccccc1. The molecule has 0 spiro atoms. The van der Waals surface area contributed by atoms with Crippen molar-refractivity contribution in [2.45, 2.75) is 41.5 Å². The Morgan fingerprint density at radius 2 is 1.35 bits per heavy atom. The molecule has 0 N–H and O–H groups in total. The summed E-state index contributed by atoms with van der Waals surface area (Å²) in [7, 11) is 0. The van der Waals surface area contributed by atoms with Gasteiger partial charge in [0.2, 0.25) is 0 Å². The number of hydrogen-bond donors (Lipinski definition) is 0. The Balaban J connectivity index is 2.02. The zero-order valence-electron chi connectivity index (χ0n) is 21.1. The third-order valence-electron chi connectivity index (χ3n) is 6.02. The topological polar surface area (TPSA) is 25.8 Å². The molecule has 1 aliphatic rings. The van der Waals surface area contributed by atoms with E-state index in [0.717, 1.165) is 11.7 Å². The van der Waals surface area contributed by atoms with Crippen molar-refractivity contribution in [1.29, 1.82) is 0 Å². The van der Waals surface area contributed by atoms with Crippen molar-refractivity contribution in [2.75, 3.05) is 0 Å². The minimum absolute atomic E-state index is 0.0852. The molecule has 0 saturated heterocycles. The molecule has 1 aliphatic carbocycles. The van der Waals surface area contributed by atoms with Gasteiger partial charge in [-0.3, -0.25) is 9.97 Å². The smallest absolute Gasteiger partial charge is 0.0940 e. The summed E-state index contributed by atoms with van der Waals surface area (Å²) in [5.41, 5.74) is 5.93. The van der Waals surface area contributed by atoms with E-state index in [2.05, 4.69) is 120 Å². The molecule has 174 valence electrons. The van der Waals surface area contributed by atoms with Gasteiger partial charge >= 0.3 is 0 Å². The molecule has 2 heteroatoms. The van der Waals surface area contributed by atoms with Crippen LogP contribution in [0.1, 0.15) is 58.5 Å². The van der Waals surface area contributed by atoms with E-state index in [0.29, 0.717) is 0 Å². The first-order valence-corrected chi connectivity index (χ1v) is 11.9. The van der Waals surface area contributed by atoms with Crippen LogP contribution in [0.4, 0.5) is 0 Å². The van der Waals surface area contributed by atoms with Gasteiger partial charge in [-0.2, -0.15) is 24.1 Å². The van der Waals surface area contributed by atoms with Gasteiger partial charge in [0.1, 0.15) is 0 Å². The second kappa shape index (κ2) is 9.38. The highest BCUT2D eigenvalue weighted by molar-refractivity contribution is 5.83. The maximum absolute atomic E-state index is 4.75. The number of rotatable bonds is 4. The van der Waals surface area contributed by atoms with Crippen LogP contribution < -0.4 is 0 Å². The van der Waals surface area contributed by atoms with Crippen LogP contribution in [0, 0.1) is 22.7 Å². The Kier molecular flexibility index (Phi) is 6.52. The van der Waals surface area contributed by atoms with Gasteiger partial charge in [-0.15, -0.1) is 18.2 Å². The summed E-state index contributed by atoms with van der Waals surface area (Å²) < 4.78 is 0. The summed E-state index contributed by atoms with van der Waals surface area (Å²) in [6, 6.07) is 23.3. The van der Waals surface area contributed by atoms with Crippen molar-refractivity contribution in [3.05, 3.63) is 137 Å².